The normalized spacial score (nSPS) is 11.8. The van der Waals surface area contributed by atoms with E-state index in [-0.39, 0.29) is 24.2 Å². The number of nitrogens with zero attached hydrogens (tertiary/aromatic N) is 1. The van der Waals surface area contributed by atoms with Crippen LogP contribution in [0.3, 0.4) is 0 Å². The van der Waals surface area contributed by atoms with Gasteiger partial charge in [-0.2, -0.15) is 0 Å². The van der Waals surface area contributed by atoms with Crippen molar-refractivity contribution in [1.29, 1.82) is 0 Å². The highest BCUT2D eigenvalue weighted by Crippen LogP contribution is 2.32. The SMILES string of the molecule is CC(=O)c1ccc(NC(=O)c2cc(NCc3ccc4c(c3)OCO4)ccn2)cc1. The number of nitrogens with one attached hydrogen (secondary N) is 2. The highest BCUT2D eigenvalue weighted by atomic mass is 16.7. The lowest BCUT2D eigenvalue weighted by Gasteiger charge is -2.09. The molecule has 1 amide bonds. The lowest BCUT2D eigenvalue weighted by atomic mass is 10.1. The number of pyridine rings is 1. The van der Waals surface area contributed by atoms with Crippen LogP contribution in [0.5, 0.6) is 11.5 Å². The summed E-state index contributed by atoms with van der Waals surface area (Å²) in [5.41, 5.74) is 3.28. The van der Waals surface area contributed by atoms with E-state index in [1.165, 1.54) is 6.92 Å². The number of rotatable bonds is 6. The molecule has 146 valence electrons. The van der Waals surface area contributed by atoms with Crippen molar-refractivity contribution >= 4 is 23.1 Å². The maximum absolute atomic E-state index is 12.5. The van der Waals surface area contributed by atoms with Gasteiger partial charge in [0.05, 0.1) is 0 Å². The first kappa shape index (κ1) is 18.5. The fourth-order valence-electron chi connectivity index (χ4n) is 2.90. The number of carbonyl (C=O) groups excluding carboxylic acids is 2. The van der Waals surface area contributed by atoms with Crippen LogP contribution < -0.4 is 20.1 Å². The number of aromatic nitrogens is 1. The number of ether oxygens (including phenoxy) is 2. The molecular formula is C22H19N3O4. The summed E-state index contributed by atoms with van der Waals surface area (Å²) in [6.07, 6.45) is 1.58. The minimum absolute atomic E-state index is 0.0224. The maximum atomic E-state index is 12.5. The fraction of sp³-hybridized carbons (Fsp3) is 0.136. The molecule has 0 bridgehead atoms. The van der Waals surface area contributed by atoms with Gasteiger partial charge in [-0.05, 0) is 61.0 Å². The Morgan fingerprint density at radius 1 is 0.966 bits per heavy atom. The standard InChI is InChI=1S/C22H19N3O4/c1-14(26)16-3-5-17(6-4-16)25-22(27)19-11-18(8-9-23-19)24-12-15-2-7-20-21(10-15)29-13-28-20/h2-11H,12-13H2,1H3,(H,23,24)(H,25,27). The van der Waals surface area contributed by atoms with E-state index in [4.69, 9.17) is 9.47 Å². The summed E-state index contributed by atoms with van der Waals surface area (Å²) in [4.78, 5) is 28.0. The van der Waals surface area contributed by atoms with Gasteiger partial charge in [0.15, 0.2) is 17.3 Å². The summed E-state index contributed by atoms with van der Waals surface area (Å²) in [7, 11) is 0. The Bertz CT molecular complexity index is 1060. The lowest BCUT2D eigenvalue weighted by molar-refractivity contribution is 0.101. The van der Waals surface area contributed by atoms with E-state index >= 15 is 0 Å². The van der Waals surface area contributed by atoms with Gasteiger partial charge in [-0.1, -0.05) is 6.07 Å². The van der Waals surface area contributed by atoms with Crippen LogP contribution in [0.1, 0.15) is 33.3 Å². The quantitative estimate of drug-likeness (QED) is 0.622. The Morgan fingerprint density at radius 2 is 1.76 bits per heavy atom. The second-order valence-electron chi connectivity index (χ2n) is 6.56. The zero-order chi connectivity index (χ0) is 20.2. The number of Topliss-reactive ketones (excluding diaryl/α,β-unsaturated/α-hetero) is 1. The Labute approximate surface area is 167 Å². The molecule has 3 aromatic rings. The minimum atomic E-state index is -0.327. The van der Waals surface area contributed by atoms with Crippen molar-refractivity contribution in [2.24, 2.45) is 0 Å². The number of amides is 1. The molecule has 1 aromatic heterocycles. The smallest absolute Gasteiger partial charge is 0.274 e. The Kier molecular flexibility index (Phi) is 5.11. The Balaban J connectivity index is 1.40. The van der Waals surface area contributed by atoms with Gasteiger partial charge >= 0.3 is 0 Å². The van der Waals surface area contributed by atoms with Crippen LogP contribution in [0.4, 0.5) is 11.4 Å². The topological polar surface area (TPSA) is 89.6 Å². The molecule has 1 aliphatic rings. The van der Waals surface area contributed by atoms with Gasteiger partial charge in [-0.3, -0.25) is 14.6 Å². The van der Waals surface area contributed by atoms with Crippen molar-refractivity contribution in [2.45, 2.75) is 13.5 Å². The third-order valence-corrected chi connectivity index (χ3v) is 4.48. The van der Waals surface area contributed by atoms with Crippen LogP contribution in [0.15, 0.2) is 60.8 Å². The van der Waals surface area contributed by atoms with Crippen LogP contribution in [0.25, 0.3) is 0 Å². The summed E-state index contributed by atoms with van der Waals surface area (Å²) >= 11 is 0. The molecular weight excluding hydrogens is 370 g/mol. The summed E-state index contributed by atoms with van der Waals surface area (Å²) in [5.74, 6) is 1.13. The molecule has 0 saturated carbocycles. The van der Waals surface area contributed by atoms with E-state index in [1.807, 2.05) is 18.2 Å². The minimum Gasteiger partial charge on any atom is -0.454 e. The molecule has 2 aromatic carbocycles. The van der Waals surface area contributed by atoms with Crippen LogP contribution in [-0.2, 0) is 6.54 Å². The van der Waals surface area contributed by atoms with E-state index in [9.17, 15) is 9.59 Å². The molecule has 4 rings (SSSR count). The second kappa shape index (κ2) is 8.02. The van der Waals surface area contributed by atoms with Gasteiger partial charge in [0.2, 0.25) is 6.79 Å². The van der Waals surface area contributed by atoms with Crippen molar-refractivity contribution in [3.63, 3.8) is 0 Å². The molecule has 0 aliphatic carbocycles. The molecule has 0 atom stereocenters. The third kappa shape index (κ3) is 4.35. The van der Waals surface area contributed by atoms with Crippen molar-refractivity contribution in [1.82, 2.24) is 4.98 Å². The van der Waals surface area contributed by atoms with Crippen molar-refractivity contribution < 1.29 is 19.1 Å². The molecule has 2 heterocycles. The summed E-state index contributed by atoms with van der Waals surface area (Å²) < 4.78 is 10.7. The number of hydrogen-bond donors (Lipinski definition) is 2. The summed E-state index contributed by atoms with van der Waals surface area (Å²) in [5, 5.41) is 6.06. The third-order valence-electron chi connectivity index (χ3n) is 4.48. The molecule has 0 spiro atoms. The van der Waals surface area contributed by atoms with Crippen molar-refractivity contribution in [3.8, 4) is 11.5 Å². The molecule has 0 radical (unpaired) electrons. The van der Waals surface area contributed by atoms with Crippen molar-refractivity contribution in [2.75, 3.05) is 17.4 Å². The molecule has 29 heavy (non-hydrogen) atoms. The monoisotopic (exact) mass is 389 g/mol. The number of hydrogen-bond acceptors (Lipinski definition) is 6. The highest BCUT2D eigenvalue weighted by molar-refractivity contribution is 6.03. The fourth-order valence-corrected chi connectivity index (χ4v) is 2.90. The molecule has 0 saturated heterocycles. The molecule has 2 N–H and O–H groups in total. The molecule has 0 unspecified atom stereocenters. The number of ketones is 1. The highest BCUT2D eigenvalue weighted by Gasteiger charge is 2.13. The Morgan fingerprint density at radius 3 is 2.55 bits per heavy atom. The Hall–Kier alpha value is -3.87. The molecule has 7 nitrogen and oxygen atoms in total. The largest absolute Gasteiger partial charge is 0.454 e. The number of anilines is 2. The number of fused-ring (bicyclic) bond motifs is 1. The second-order valence-corrected chi connectivity index (χ2v) is 6.56. The molecule has 1 aliphatic heterocycles. The first-order valence-corrected chi connectivity index (χ1v) is 9.09. The van der Waals surface area contributed by atoms with Gasteiger partial charge in [0.25, 0.3) is 5.91 Å². The summed E-state index contributed by atoms with van der Waals surface area (Å²) in [6.45, 7) is 2.31. The van der Waals surface area contributed by atoms with E-state index in [0.717, 1.165) is 22.7 Å². The zero-order valence-electron chi connectivity index (χ0n) is 15.8. The first-order valence-electron chi connectivity index (χ1n) is 9.09. The van der Waals surface area contributed by atoms with Gasteiger partial charge in [-0.15, -0.1) is 0 Å². The van der Waals surface area contributed by atoms with E-state index < -0.39 is 0 Å². The van der Waals surface area contributed by atoms with Crippen LogP contribution in [-0.4, -0.2) is 23.5 Å². The first-order chi connectivity index (χ1) is 14.1. The summed E-state index contributed by atoms with van der Waals surface area (Å²) in [6, 6.07) is 16.0. The number of benzene rings is 2. The van der Waals surface area contributed by atoms with Gasteiger partial charge < -0.3 is 20.1 Å². The lowest BCUT2D eigenvalue weighted by Crippen LogP contribution is -2.14. The average Bonchev–Trinajstić information content (AvgIpc) is 3.21. The van der Waals surface area contributed by atoms with E-state index in [0.29, 0.717) is 17.8 Å². The number of carbonyl (C=O) groups is 2. The predicted octanol–water partition coefficient (Wildman–Crippen LogP) is 3.88. The van der Waals surface area contributed by atoms with E-state index in [1.54, 1.807) is 42.6 Å². The van der Waals surface area contributed by atoms with Gasteiger partial charge in [0, 0.05) is 29.7 Å². The van der Waals surface area contributed by atoms with Gasteiger partial charge in [-0.25, -0.2) is 0 Å². The van der Waals surface area contributed by atoms with Crippen LogP contribution >= 0.6 is 0 Å². The molecule has 0 fully saturated rings. The van der Waals surface area contributed by atoms with Crippen LogP contribution in [0.2, 0.25) is 0 Å². The van der Waals surface area contributed by atoms with Crippen LogP contribution in [0, 0.1) is 0 Å². The zero-order valence-corrected chi connectivity index (χ0v) is 15.8. The average molecular weight is 389 g/mol. The van der Waals surface area contributed by atoms with Gasteiger partial charge in [0.1, 0.15) is 5.69 Å². The molecule has 7 heteroatoms. The van der Waals surface area contributed by atoms with Crippen molar-refractivity contribution in [3.05, 3.63) is 77.6 Å². The maximum Gasteiger partial charge on any atom is 0.274 e. The predicted molar refractivity (Wildman–Crippen MR) is 109 cm³/mol. The van der Waals surface area contributed by atoms with E-state index in [2.05, 4.69) is 15.6 Å².